The van der Waals surface area contributed by atoms with E-state index in [4.69, 9.17) is 4.74 Å². The van der Waals surface area contributed by atoms with Crippen molar-refractivity contribution in [3.8, 4) is 5.75 Å². The lowest BCUT2D eigenvalue weighted by atomic mass is 10.1. The lowest BCUT2D eigenvalue weighted by Gasteiger charge is -2.27. The first kappa shape index (κ1) is 22.3. The summed E-state index contributed by atoms with van der Waals surface area (Å²) in [6.07, 6.45) is 1.89. The van der Waals surface area contributed by atoms with E-state index in [1.165, 1.54) is 12.1 Å². The van der Waals surface area contributed by atoms with Gasteiger partial charge in [-0.25, -0.2) is 13.1 Å². The van der Waals surface area contributed by atoms with Crippen LogP contribution in [0.15, 0.2) is 53.4 Å². The maximum atomic E-state index is 12.9. The normalized spacial score (nSPS) is 15.6. The molecule has 0 bridgehead atoms. The summed E-state index contributed by atoms with van der Waals surface area (Å²) in [5.74, 6) is 0.318. The Morgan fingerprint density at radius 1 is 1.10 bits per heavy atom. The fraction of sp³-hybridized carbons (Fsp3) is 0.409. The number of amides is 1. The van der Waals surface area contributed by atoms with Crippen molar-refractivity contribution in [1.29, 1.82) is 0 Å². The molecule has 0 radical (unpaired) electrons. The molecule has 2 N–H and O–H groups in total. The number of hydrogen-bond acceptors (Lipinski definition) is 5. The molecule has 1 aliphatic heterocycles. The van der Waals surface area contributed by atoms with Crippen LogP contribution in [0.4, 0.5) is 0 Å². The minimum absolute atomic E-state index is 0.0556. The van der Waals surface area contributed by atoms with Crippen molar-refractivity contribution < 1.29 is 23.1 Å². The Morgan fingerprint density at radius 3 is 2.47 bits per heavy atom. The molecule has 0 unspecified atom stereocenters. The first-order valence-electron chi connectivity index (χ1n) is 10.1. The maximum absolute atomic E-state index is 12.9. The number of piperidine rings is 1. The van der Waals surface area contributed by atoms with Crippen LogP contribution in [0.5, 0.6) is 5.75 Å². The minimum Gasteiger partial charge on any atom is -0.491 e. The van der Waals surface area contributed by atoms with Gasteiger partial charge in [-0.05, 0) is 50.5 Å². The highest BCUT2D eigenvalue weighted by Crippen LogP contribution is 2.20. The SMILES string of the molecule is Cc1ccc(OC[C@H](O)CNS(=O)(=O)c2ccccc2C(=O)N2CCCCC2)cc1. The van der Waals surface area contributed by atoms with Crippen molar-refractivity contribution in [3.05, 3.63) is 59.7 Å². The van der Waals surface area contributed by atoms with Crippen molar-refractivity contribution in [2.75, 3.05) is 26.2 Å². The van der Waals surface area contributed by atoms with E-state index < -0.39 is 16.1 Å². The molecule has 1 fully saturated rings. The van der Waals surface area contributed by atoms with Crippen LogP contribution < -0.4 is 9.46 Å². The third-order valence-corrected chi connectivity index (χ3v) is 6.50. The van der Waals surface area contributed by atoms with E-state index in [9.17, 15) is 18.3 Å². The Kier molecular flexibility index (Phi) is 7.47. The Balaban J connectivity index is 1.62. The Labute approximate surface area is 177 Å². The summed E-state index contributed by atoms with van der Waals surface area (Å²) in [6.45, 7) is 2.95. The van der Waals surface area contributed by atoms with Gasteiger partial charge in [0.25, 0.3) is 5.91 Å². The summed E-state index contributed by atoms with van der Waals surface area (Å²) in [7, 11) is -3.97. The standard InChI is InChI=1S/C22H28N2O5S/c1-17-9-11-19(12-10-17)29-16-18(25)15-23-30(27,28)21-8-4-3-7-20(21)22(26)24-13-5-2-6-14-24/h3-4,7-12,18,23,25H,2,5-6,13-16H2,1H3/t18-/m1/s1. The van der Waals surface area contributed by atoms with Gasteiger partial charge in [-0.1, -0.05) is 29.8 Å². The summed E-state index contributed by atoms with van der Waals surface area (Å²) in [6, 6.07) is 13.5. The van der Waals surface area contributed by atoms with E-state index in [1.54, 1.807) is 29.2 Å². The molecule has 7 nitrogen and oxygen atoms in total. The van der Waals surface area contributed by atoms with Gasteiger partial charge in [0.2, 0.25) is 10.0 Å². The fourth-order valence-corrected chi connectivity index (χ4v) is 4.58. The number of aliphatic hydroxyl groups is 1. The van der Waals surface area contributed by atoms with Gasteiger partial charge in [0, 0.05) is 19.6 Å². The van der Waals surface area contributed by atoms with Crippen LogP contribution in [-0.2, 0) is 10.0 Å². The third-order valence-electron chi connectivity index (χ3n) is 5.02. The molecule has 162 valence electrons. The number of sulfonamides is 1. The molecule has 30 heavy (non-hydrogen) atoms. The molecule has 1 atom stereocenters. The number of ether oxygens (including phenoxy) is 1. The maximum Gasteiger partial charge on any atom is 0.255 e. The van der Waals surface area contributed by atoms with Gasteiger partial charge in [-0.3, -0.25) is 4.79 Å². The molecule has 0 aromatic heterocycles. The van der Waals surface area contributed by atoms with Gasteiger partial charge in [-0.15, -0.1) is 0 Å². The molecular weight excluding hydrogens is 404 g/mol. The molecule has 2 aromatic carbocycles. The second-order valence-electron chi connectivity index (χ2n) is 7.48. The molecule has 2 aromatic rings. The Bertz CT molecular complexity index is 954. The highest BCUT2D eigenvalue weighted by molar-refractivity contribution is 7.89. The lowest BCUT2D eigenvalue weighted by molar-refractivity contribution is 0.0720. The number of rotatable bonds is 8. The lowest BCUT2D eigenvalue weighted by Crippen LogP contribution is -2.38. The van der Waals surface area contributed by atoms with E-state index in [2.05, 4.69) is 4.72 Å². The monoisotopic (exact) mass is 432 g/mol. The summed E-state index contributed by atoms with van der Waals surface area (Å²) in [5.41, 5.74) is 1.24. The van der Waals surface area contributed by atoms with Crippen molar-refractivity contribution >= 4 is 15.9 Å². The largest absolute Gasteiger partial charge is 0.491 e. The zero-order valence-corrected chi connectivity index (χ0v) is 17.9. The van der Waals surface area contributed by atoms with Gasteiger partial charge in [0.1, 0.15) is 18.5 Å². The molecule has 1 aliphatic rings. The second-order valence-corrected chi connectivity index (χ2v) is 9.21. The molecule has 3 rings (SSSR count). The summed E-state index contributed by atoms with van der Waals surface area (Å²) < 4.78 is 33.5. The molecule has 1 heterocycles. The van der Waals surface area contributed by atoms with Crippen LogP contribution in [0.1, 0.15) is 35.2 Å². The van der Waals surface area contributed by atoms with Crippen LogP contribution in [0.3, 0.4) is 0 Å². The number of aryl methyl sites for hydroxylation is 1. The van der Waals surface area contributed by atoms with Crippen LogP contribution >= 0.6 is 0 Å². The zero-order chi connectivity index (χ0) is 21.6. The smallest absolute Gasteiger partial charge is 0.255 e. The molecule has 1 saturated heterocycles. The molecule has 0 aliphatic carbocycles. The van der Waals surface area contributed by atoms with Crippen molar-refractivity contribution in [3.63, 3.8) is 0 Å². The van der Waals surface area contributed by atoms with Gasteiger partial charge >= 0.3 is 0 Å². The number of carbonyl (C=O) groups excluding carboxylic acids is 1. The van der Waals surface area contributed by atoms with Gasteiger partial charge in [0.05, 0.1) is 10.5 Å². The highest BCUT2D eigenvalue weighted by Gasteiger charge is 2.26. The molecule has 1 amide bonds. The quantitative estimate of drug-likeness (QED) is 0.668. The number of nitrogens with one attached hydrogen (secondary N) is 1. The predicted octanol–water partition coefficient (Wildman–Crippen LogP) is 2.34. The van der Waals surface area contributed by atoms with Crippen LogP contribution in [0.25, 0.3) is 0 Å². The molecular formula is C22H28N2O5S. The number of hydrogen-bond donors (Lipinski definition) is 2. The van der Waals surface area contributed by atoms with Crippen LogP contribution in [0.2, 0.25) is 0 Å². The number of carbonyl (C=O) groups is 1. The number of aliphatic hydroxyl groups excluding tert-OH is 1. The Hall–Kier alpha value is -2.42. The number of benzene rings is 2. The summed E-state index contributed by atoms with van der Waals surface area (Å²) >= 11 is 0. The predicted molar refractivity (Wildman–Crippen MR) is 114 cm³/mol. The number of nitrogens with zero attached hydrogens (tertiary/aromatic N) is 1. The number of likely N-dealkylation sites (tertiary alicyclic amines) is 1. The second kappa shape index (κ2) is 10.1. The zero-order valence-electron chi connectivity index (χ0n) is 17.1. The van der Waals surface area contributed by atoms with E-state index in [-0.39, 0.29) is 29.5 Å². The average molecular weight is 433 g/mol. The van der Waals surface area contributed by atoms with E-state index in [0.29, 0.717) is 18.8 Å². The minimum atomic E-state index is -3.97. The highest BCUT2D eigenvalue weighted by atomic mass is 32.2. The topological polar surface area (TPSA) is 95.9 Å². The molecule has 0 saturated carbocycles. The third kappa shape index (κ3) is 5.81. The van der Waals surface area contributed by atoms with Crippen molar-refractivity contribution in [1.82, 2.24) is 9.62 Å². The van der Waals surface area contributed by atoms with Crippen molar-refractivity contribution in [2.45, 2.75) is 37.2 Å². The first-order chi connectivity index (χ1) is 14.4. The van der Waals surface area contributed by atoms with E-state index in [1.807, 2.05) is 19.1 Å². The fourth-order valence-electron chi connectivity index (χ4n) is 3.31. The van der Waals surface area contributed by atoms with Gasteiger partial charge in [-0.2, -0.15) is 0 Å². The summed E-state index contributed by atoms with van der Waals surface area (Å²) in [4.78, 5) is 14.5. The molecule has 0 spiro atoms. The van der Waals surface area contributed by atoms with Gasteiger partial charge in [0.15, 0.2) is 0 Å². The Morgan fingerprint density at radius 2 is 1.77 bits per heavy atom. The molecule has 8 heteroatoms. The van der Waals surface area contributed by atoms with Crippen LogP contribution in [0, 0.1) is 6.92 Å². The van der Waals surface area contributed by atoms with Crippen molar-refractivity contribution in [2.24, 2.45) is 0 Å². The first-order valence-corrected chi connectivity index (χ1v) is 11.6. The van der Waals surface area contributed by atoms with E-state index >= 15 is 0 Å². The van der Waals surface area contributed by atoms with E-state index in [0.717, 1.165) is 24.8 Å². The summed E-state index contributed by atoms with van der Waals surface area (Å²) in [5, 5.41) is 10.1. The van der Waals surface area contributed by atoms with Gasteiger partial charge < -0.3 is 14.7 Å². The van der Waals surface area contributed by atoms with Crippen LogP contribution in [-0.4, -0.2) is 56.7 Å². The average Bonchev–Trinajstić information content (AvgIpc) is 2.77.